The zero-order valence-electron chi connectivity index (χ0n) is 11.0. The van der Waals surface area contributed by atoms with Crippen LogP contribution in [0.25, 0.3) is 0 Å². The van der Waals surface area contributed by atoms with E-state index < -0.39 is 0 Å². The highest BCUT2D eigenvalue weighted by Gasteiger charge is 2.38. The number of hydrogen-bond acceptors (Lipinski definition) is 1. The van der Waals surface area contributed by atoms with Gasteiger partial charge < -0.3 is 5.11 Å². The first-order chi connectivity index (χ1) is 7.43. The van der Waals surface area contributed by atoms with Gasteiger partial charge in [-0.25, -0.2) is 0 Å². The van der Waals surface area contributed by atoms with E-state index in [0.29, 0.717) is 17.3 Å². The first kappa shape index (κ1) is 11.9. The van der Waals surface area contributed by atoms with E-state index in [1.54, 1.807) is 5.57 Å². The van der Waals surface area contributed by atoms with E-state index in [4.69, 9.17) is 0 Å². The minimum atomic E-state index is -0.123. The van der Waals surface area contributed by atoms with Gasteiger partial charge in [0.15, 0.2) is 0 Å². The van der Waals surface area contributed by atoms with Crippen LogP contribution in [0.15, 0.2) is 23.3 Å². The molecule has 0 heterocycles. The Labute approximate surface area is 99.3 Å². The molecule has 0 saturated carbocycles. The second-order valence-electron chi connectivity index (χ2n) is 6.10. The normalized spacial score (nSPS) is 38.2. The Bertz CT molecular complexity index is 335. The molecule has 0 amide bonds. The van der Waals surface area contributed by atoms with Crippen LogP contribution in [0.5, 0.6) is 0 Å². The van der Waals surface area contributed by atoms with Crippen molar-refractivity contribution in [2.24, 2.45) is 17.3 Å². The predicted molar refractivity (Wildman–Crippen MR) is 68.1 cm³/mol. The molecule has 90 valence electrons. The van der Waals surface area contributed by atoms with E-state index in [0.717, 1.165) is 12.8 Å². The van der Waals surface area contributed by atoms with Gasteiger partial charge in [0.25, 0.3) is 0 Å². The van der Waals surface area contributed by atoms with Crippen molar-refractivity contribution in [1.82, 2.24) is 0 Å². The first-order valence-electron chi connectivity index (χ1n) is 6.49. The third-order valence-corrected chi connectivity index (χ3v) is 4.81. The molecule has 0 aromatic rings. The van der Waals surface area contributed by atoms with Gasteiger partial charge in [-0.3, -0.25) is 0 Å². The fourth-order valence-electron chi connectivity index (χ4n) is 3.14. The Morgan fingerprint density at radius 2 is 2.06 bits per heavy atom. The molecule has 3 atom stereocenters. The van der Waals surface area contributed by atoms with E-state index in [2.05, 4.69) is 39.8 Å². The molecule has 2 rings (SSSR count). The third kappa shape index (κ3) is 1.86. The quantitative estimate of drug-likeness (QED) is 0.668. The summed E-state index contributed by atoms with van der Waals surface area (Å²) in [5, 5.41) is 9.76. The summed E-state index contributed by atoms with van der Waals surface area (Å²) >= 11 is 0. The molecular weight excluding hydrogens is 196 g/mol. The van der Waals surface area contributed by atoms with Gasteiger partial charge in [-0.2, -0.15) is 0 Å². The monoisotopic (exact) mass is 220 g/mol. The number of aliphatic hydroxyl groups excluding tert-OH is 1. The summed E-state index contributed by atoms with van der Waals surface area (Å²) in [7, 11) is 0. The highest BCUT2D eigenvalue weighted by molar-refractivity contribution is 5.28. The zero-order chi connectivity index (χ0) is 11.9. The molecule has 0 bridgehead atoms. The molecule has 2 aliphatic rings. The van der Waals surface area contributed by atoms with Crippen LogP contribution >= 0.6 is 0 Å². The van der Waals surface area contributed by atoms with Gasteiger partial charge in [-0.1, -0.05) is 44.1 Å². The van der Waals surface area contributed by atoms with Crippen LogP contribution < -0.4 is 0 Å². The summed E-state index contributed by atoms with van der Waals surface area (Å²) in [5.41, 5.74) is 3.42. The second-order valence-corrected chi connectivity index (χ2v) is 6.10. The van der Waals surface area contributed by atoms with Crippen molar-refractivity contribution in [2.45, 2.75) is 53.1 Å². The van der Waals surface area contributed by atoms with Gasteiger partial charge in [-0.05, 0) is 37.5 Å². The molecule has 0 aliphatic heterocycles. The van der Waals surface area contributed by atoms with Crippen molar-refractivity contribution in [2.75, 3.05) is 0 Å². The lowest BCUT2D eigenvalue weighted by Gasteiger charge is -2.35. The molecular formula is C15H24O. The highest BCUT2D eigenvalue weighted by Crippen LogP contribution is 2.48. The molecule has 0 aromatic heterocycles. The van der Waals surface area contributed by atoms with Crippen LogP contribution in [0.3, 0.4) is 0 Å². The van der Waals surface area contributed by atoms with Crippen molar-refractivity contribution < 1.29 is 5.11 Å². The summed E-state index contributed by atoms with van der Waals surface area (Å²) in [6.45, 7) is 9.09. The standard InChI is InChI=1S/C15H24O/c1-10-9-12(6-8-14(10)16)13-7-5-11(2)15(13,3)4/h5,9-10,13-14,16H,6-8H2,1-4H3. The predicted octanol–water partition coefficient (Wildman–Crippen LogP) is 3.70. The summed E-state index contributed by atoms with van der Waals surface area (Å²) in [5.74, 6) is 1.00. The summed E-state index contributed by atoms with van der Waals surface area (Å²) in [4.78, 5) is 0. The topological polar surface area (TPSA) is 20.2 Å². The number of rotatable bonds is 1. The summed E-state index contributed by atoms with van der Waals surface area (Å²) in [6.07, 6.45) is 7.81. The molecule has 0 fully saturated rings. The van der Waals surface area contributed by atoms with Gasteiger partial charge in [0.05, 0.1) is 6.10 Å². The Hall–Kier alpha value is -0.560. The van der Waals surface area contributed by atoms with Crippen molar-refractivity contribution in [1.29, 1.82) is 0 Å². The molecule has 1 N–H and O–H groups in total. The SMILES string of the molecule is CC1=CCC(C2=CC(C)C(O)CC2)C1(C)C. The number of hydrogen-bond donors (Lipinski definition) is 1. The Morgan fingerprint density at radius 1 is 1.38 bits per heavy atom. The van der Waals surface area contributed by atoms with E-state index in [1.807, 2.05) is 0 Å². The van der Waals surface area contributed by atoms with E-state index in [-0.39, 0.29) is 6.10 Å². The van der Waals surface area contributed by atoms with Gasteiger partial charge in [0.2, 0.25) is 0 Å². The molecule has 0 aromatic carbocycles. The molecule has 0 radical (unpaired) electrons. The van der Waals surface area contributed by atoms with Crippen LogP contribution in [0, 0.1) is 17.3 Å². The smallest absolute Gasteiger partial charge is 0.0603 e. The van der Waals surface area contributed by atoms with E-state index in [9.17, 15) is 5.11 Å². The fourth-order valence-corrected chi connectivity index (χ4v) is 3.14. The average Bonchev–Trinajstić information content (AvgIpc) is 2.47. The van der Waals surface area contributed by atoms with E-state index >= 15 is 0 Å². The van der Waals surface area contributed by atoms with Crippen LogP contribution in [0.2, 0.25) is 0 Å². The average molecular weight is 220 g/mol. The largest absolute Gasteiger partial charge is 0.393 e. The minimum Gasteiger partial charge on any atom is -0.393 e. The lowest BCUT2D eigenvalue weighted by molar-refractivity contribution is 0.117. The molecule has 1 nitrogen and oxygen atoms in total. The Balaban J connectivity index is 2.19. The van der Waals surface area contributed by atoms with Gasteiger partial charge in [0, 0.05) is 5.92 Å². The number of allylic oxidation sites excluding steroid dienone is 3. The summed E-state index contributed by atoms with van der Waals surface area (Å²) in [6, 6.07) is 0. The molecule has 3 unspecified atom stereocenters. The number of aliphatic hydroxyl groups is 1. The van der Waals surface area contributed by atoms with Crippen molar-refractivity contribution >= 4 is 0 Å². The maximum atomic E-state index is 9.76. The summed E-state index contributed by atoms with van der Waals surface area (Å²) < 4.78 is 0. The molecule has 2 aliphatic carbocycles. The third-order valence-electron chi connectivity index (χ3n) is 4.81. The Morgan fingerprint density at radius 3 is 2.56 bits per heavy atom. The van der Waals surface area contributed by atoms with Crippen LogP contribution in [-0.2, 0) is 0 Å². The Kier molecular flexibility index (Phi) is 3.00. The lowest BCUT2D eigenvalue weighted by Crippen LogP contribution is -2.27. The highest BCUT2D eigenvalue weighted by atomic mass is 16.3. The van der Waals surface area contributed by atoms with Gasteiger partial charge >= 0.3 is 0 Å². The minimum absolute atomic E-state index is 0.123. The van der Waals surface area contributed by atoms with Crippen molar-refractivity contribution in [3.63, 3.8) is 0 Å². The zero-order valence-corrected chi connectivity index (χ0v) is 11.0. The maximum Gasteiger partial charge on any atom is 0.0603 e. The van der Waals surface area contributed by atoms with Crippen LogP contribution in [0.4, 0.5) is 0 Å². The molecule has 0 spiro atoms. The molecule has 16 heavy (non-hydrogen) atoms. The van der Waals surface area contributed by atoms with Crippen molar-refractivity contribution in [3.8, 4) is 0 Å². The fraction of sp³-hybridized carbons (Fsp3) is 0.733. The van der Waals surface area contributed by atoms with E-state index in [1.165, 1.54) is 12.0 Å². The second kappa shape index (κ2) is 4.03. The van der Waals surface area contributed by atoms with Gasteiger partial charge in [0.1, 0.15) is 0 Å². The first-order valence-corrected chi connectivity index (χ1v) is 6.49. The lowest BCUT2D eigenvalue weighted by atomic mass is 9.70. The molecule has 0 saturated heterocycles. The molecule has 1 heteroatoms. The maximum absolute atomic E-state index is 9.76. The van der Waals surface area contributed by atoms with Crippen molar-refractivity contribution in [3.05, 3.63) is 23.3 Å². The van der Waals surface area contributed by atoms with Crippen LogP contribution in [0.1, 0.15) is 47.0 Å². The van der Waals surface area contributed by atoms with Gasteiger partial charge in [-0.15, -0.1) is 0 Å². The van der Waals surface area contributed by atoms with Crippen LogP contribution in [-0.4, -0.2) is 11.2 Å².